The fourth-order valence-corrected chi connectivity index (χ4v) is 1.60. The third kappa shape index (κ3) is 11.7. The van der Waals surface area contributed by atoms with E-state index >= 15 is 0 Å². The van der Waals surface area contributed by atoms with Crippen LogP contribution in [-0.2, 0) is 9.53 Å². The van der Waals surface area contributed by atoms with Crippen LogP contribution in [0.1, 0.15) is 60.8 Å². The lowest BCUT2D eigenvalue weighted by atomic mass is 9.87. The van der Waals surface area contributed by atoms with E-state index in [-0.39, 0.29) is 22.8 Å². The van der Waals surface area contributed by atoms with Gasteiger partial charge < -0.3 is 10.5 Å². The van der Waals surface area contributed by atoms with E-state index in [1.807, 2.05) is 0 Å². The maximum Gasteiger partial charge on any atom is 0.307 e. The predicted molar refractivity (Wildman–Crippen MR) is 71.7 cm³/mol. The molecule has 0 aromatic heterocycles. The Balaban J connectivity index is 3.80. The van der Waals surface area contributed by atoms with Gasteiger partial charge in [0, 0.05) is 6.04 Å². The maximum absolute atomic E-state index is 11.5. The lowest BCUT2D eigenvalue weighted by Crippen LogP contribution is -2.29. The number of hydrogen-bond donors (Lipinski definition) is 1. The molecular formula is C14H29NO2. The largest absolute Gasteiger partial charge is 0.466 e. The monoisotopic (exact) mass is 243 g/mol. The summed E-state index contributed by atoms with van der Waals surface area (Å²) in [5.41, 5.74) is 6.28. The number of rotatable bonds is 5. The molecule has 0 saturated carbocycles. The first-order valence-corrected chi connectivity index (χ1v) is 6.41. The predicted octanol–water partition coefficient (Wildman–Crippen LogP) is 3.12. The quantitative estimate of drug-likeness (QED) is 0.755. The van der Waals surface area contributed by atoms with Crippen LogP contribution < -0.4 is 5.73 Å². The van der Waals surface area contributed by atoms with E-state index < -0.39 is 0 Å². The van der Waals surface area contributed by atoms with E-state index in [9.17, 15) is 4.79 Å². The lowest BCUT2D eigenvalue weighted by molar-refractivity contribution is -0.144. The Morgan fingerprint density at radius 1 is 1.12 bits per heavy atom. The Morgan fingerprint density at radius 2 is 1.65 bits per heavy atom. The summed E-state index contributed by atoms with van der Waals surface area (Å²) < 4.78 is 5.18. The standard InChI is InChI=1S/C14H29NO2/c1-13(2,3)7-8-17-12(16)9-11(15)10-14(4,5)6/h11H,7-10,15H2,1-6H3. The molecule has 0 aromatic rings. The van der Waals surface area contributed by atoms with E-state index in [2.05, 4.69) is 41.5 Å². The van der Waals surface area contributed by atoms with Gasteiger partial charge in [-0.3, -0.25) is 4.79 Å². The summed E-state index contributed by atoms with van der Waals surface area (Å²) in [6, 6.07) is -0.0999. The zero-order chi connectivity index (χ0) is 13.7. The number of hydrogen-bond acceptors (Lipinski definition) is 3. The molecule has 0 aliphatic carbocycles. The van der Waals surface area contributed by atoms with Crippen molar-refractivity contribution >= 4 is 5.97 Å². The molecule has 0 aliphatic rings. The molecule has 17 heavy (non-hydrogen) atoms. The molecule has 0 amide bonds. The Kier molecular flexibility index (Phi) is 6.17. The third-order valence-corrected chi connectivity index (χ3v) is 2.42. The van der Waals surface area contributed by atoms with E-state index in [1.54, 1.807) is 0 Å². The van der Waals surface area contributed by atoms with E-state index in [0.29, 0.717) is 13.0 Å². The van der Waals surface area contributed by atoms with Gasteiger partial charge in [-0.1, -0.05) is 41.5 Å². The van der Waals surface area contributed by atoms with Gasteiger partial charge in [0.05, 0.1) is 13.0 Å². The van der Waals surface area contributed by atoms with Gasteiger partial charge in [0.1, 0.15) is 0 Å². The van der Waals surface area contributed by atoms with Gasteiger partial charge in [0.15, 0.2) is 0 Å². The van der Waals surface area contributed by atoms with Crippen LogP contribution in [0.25, 0.3) is 0 Å². The second-order valence-corrected chi connectivity index (χ2v) is 7.26. The number of carbonyl (C=O) groups excluding carboxylic acids is 1. The average molecular weight is 243 g/mol. The molecular weight excluding hydrogens is 214 g/mol. The first-order chi connectivity index (χ1) is 7.49. The summed E-state index contributed by atoms with van der Waals surface area (Å²) in [5, 5.41) is 0. The van der Waals surface area contributed by atoms with Crippen molar-refractivity contribution in [2.45, 2.75) is 66.8 Å². The number of ether oxygens (including phenoxy) is 1. The highest BCUT2D eigenvalue weighted by Crippen LogP contribution is 2.21. The molecule has 0 saturated heterocycles. The second kappa shape index (κ2) is 6.39. The molecule has 0 aliphatic heterocycles. The van der Waals surface area contributed by atoms with E-state index in [4.69, 9.17) is 10.5 Å². The number of nitrogens with two attached hydrogens (primary N) is 1. The number of carbonyl (C=O) groups is 1. The minimum absolute atomic E-state index is 0.0999. The van der Waals surface area contributed by atoms with Gasteiger partial charge in [0.2, 0.25) is 0 Å². The smallest absolute Gasteiger partial charge is 0.307 e. The van der Waals surface area contributed by atoms with Crippen LogP contribution in [-0.4, -0.2) is 18.6 Å². The van der Waals surface area contributed by atoms with Crippen molar-refractivity contribution in [3.05, 3.63) is 0 Å². The molecule has 0 bridgehead atoms. The van der Waals surface area contributed by atoms with Crippen LogP contribution in [0, 0.1) is 10.8 Å². The van der Waals surface area contributed by atoms with Crippen LogP contribution in [0.15, 0.2) is 0 Å². The van der Waals surface area contributed by atoms with Gasteiger partial charge >= 0.3 is 5.97 Å². The van der Waals surface area contributed by atoms with Crippen LogP contribution in [0.2, 0.25) is 0 Å². The van der Waals surface area contributed by atoms with Crippen molar-refractivity contribution in [3.63, 3.8) is 0 Å². The molecule has 0 radical (unpaired) electrons. The molecule has 1 atom stereocenters. The SMILES string of the molecule is CC(C)(C)CCOC(=O)CC(N)CC(C)(C)C. The fourth-order valence-electron chi connectivity index (χ4n) is 1.60. The topological polar surface area (TPSA) is 52.3 Å². The summed E-state index contributed by atoms with van der Waals surface area (Å²) in [7, 11) is 0. The summed E-state index contributed by atoms with van der Waals surface area (Å²) in [6.07, 6.45) is 2.04. The Bertz CT molecular complexity index is 236. The van der Waals surface area contributed by atoms with Crippen LogP contribution in [0.5, 0.6) is 0 Å². The van der Waals surface area contributed by atoms with Gasteiger partial charge in [0.25, 0.3) is 0 Å². The summed E-state index contributed by atoms with van der Waals surface area (Å²) in [5.74, 6) is -0.175. The van der Waals surface area contributed by atoms with Crippen molar-refractivity contribution in [1.82, 2.24) is 0 Å². The van der Waals surface area contributed by atoms with Crippen molar-refractivity contribution < 1.29 is 9.53 Å². The molecule has 0 spiro atoms. The lowest BCUT2D eigenvalue weighted by Gasteiger charge is -2.23. The zero-order valence-electron chi connectivity index (χ0n) is 12.3. The van der Waals surface area contributed by atoms with Crippen molar-refractivity contribution in [3.8, 4) is 0 Å². The van der Waals surface area contributed by atoms with Crippen molar-refractivity contribution in [2.24, 2.45) is 16.6 Å². The summed E-state index contributed by atoms with van der Waals surface area (Å²) in [6.45, 7) is 13.3. The second-order valence-electron chi connectivity index (χ2n) is 7.26. The Labute approximate surface area is 106 Å². The highest BCUT2D eigenvalue weighted by Gasteiger charge is 2.19. The Hall–Kier alpha value is -0.570. The molecule has 102 valence electrons. The highest BCUT2D eigenvalue weighted by atomic mass is 16.5. The molecule has 3 nitrogen and oxygen atoms in total. The van der Waals surface area contributed by atoms with Crippen LogP contribution in [0.3, 0.4) is 0 Å². The molecule has 2 N–H and O–H groups in total. The molecule has 0 rings (SSSR count). The van der Waals surface area contributed by atoms with Gasteiger partial charge in [-0.2, -0.15) is 0 Å². The van der Waals surface area contributed by atoms with E-state index in [1.165, 1.54) is 0 Å². The normalized spacial score (nSPS) is 14.5. The average Bonchev–Trinajstić information content (AvgIpc) is 1.96. The minimum Gasteiger partial charge on any atom is -0.466 e. The van der Waals surface area contributed by atoms with Crippen LogP contribution in [0.4, 0.5) is 0 Å². The molecule has 0 aromatic carbocycles. The number of esters is 1. The van der Waals surface area contributed by atoms with E-state index in [0.717, 1.165) is 12.8 Å². The summed E-state index contributed by atoms with van der Waals surface area (Å²) in [4.78, 5) is 11.5. The maximum atomic E-state index is 11.5. The first kappa shape index (κ1) is 16.4. The third-order valence-electron chi connectivity index (χ3n) is 2.42. The van der Waals surface area contributed by atoms with Crippen molar-refractivity contribution in [2.75, 3.05) is 6.61 Å². The first-order valence-electron chi connectivity index (χ1n) is 6.41. The van der Waals surface area contributed by atoms with Gasteiger partial charge in [-0.25, -0.2) is 0 Å². The molecule has 0 heterocycles. The molecule has 1 unspecified atom stereocenters. The summed E-state index contributed by atoms with van der Waals surface area (Å²) >= 11 is 0. The zero-order valence-corrected chi connectivity index (χ0v) is 12.3. The molecule has 3 heteroatoms. The fraction of sp³-hybridized carbons (Fsp3) is 0.929. The van der Waals surface area contributed by atoms with Crippen molar-refractivity contribution in [1.29, 1.82) is 0 Å². The highest BCUT2D eigenvalue weighted by molar-refractivity contribution is 5.70. The van der Waals surface area contributed by atoms with Gasteiger partial charge in [-0.05, 0) is 23.7 Å². The minimum atomic E-state index is -0.175. The Morgan fingerprint density at radius 3 is 2.06 bits per heavy atom. The van der Waals surface area contributed by atoms with Crippen LogP contribution >= 0.6 is 0 Å². The van der Waals surface area contributed by atoms with Gasteiger partial charge in [-0.15, -0.1) is 0 Å². The molecule has 0 fully saturated rings.